The third-order valence-electron chi connectivity index (χ3n) is 1.25. The summed E-state index contributed by atoms with van der Waals surface area (Å²) in [6.45, 7) is 3.90. The maximum atomic E-state index is 12.5. The van der Waals surface area contributed by atoms with Gasteiger partial charge < -0.3 is 0 Å². The van der Waals surface area contributed by atoms with Crippen molar-refractivity contribution in [1.82, 2.24) is 10.1 Å². The van der Waals surface area contributed by atoms with Crippen LogP contribution in [0.5, 0.6) is 0 Å². The predicted octanol–water partition coefficient (Wildman–Crippen LogP) is 1.52. The van der Waals surface area contributed by atoms with Gasteiger partial charge in [0.25, 0.3) is 0 Å². The highest BCUT2D eigenvalue weighted by Crippen LogP contribution is 2.20. The van der Waals surface area contributed by atoms with E-state index in [2.05, 4.69) is 21.0 Å². The second-order valence-electron chi connectivity index (χ2n) is 2.36. The van der Waals surface area contributed by atoms with Crippen molar-refractivity contribution in [2.45, 2.75) is 25.0 Å². The normalized spacial score (nSPS) is 25.1. The lowest BCUT2D eigenvalue weighted by atomic mass is 10.4. The standard InChI is InChI=1S/C5H9BrFN3/c1-4(2)10-5(6)9(7)3-8-10/h3-5H,1-2H3. The summed E-state index contributed by atoms with van der Waals surface area (Å²) in [6.07, 6.45) is 1.15. The lowest BCUT2D eigenvalue weighted by Crippen LogP contribution is -2.34. The Morgan fingerprint density at radius 1 is 1.70 bits per heavy atom. The van der Waals surface area contributed by atoms with Gasteiger partial charge in [0.05, 0.1) is 0 Å². The van der Waals surface area contributed by atoms with Gasteiger partial charge in [-0.2, -0.15) is 10.2 Å². The van der Waals surface area contributed by atoms with Gasteiger partial charge in [0.15, 0.2) is 0 Å². The SMILES string of the molecule is CC(C)N1N=CN(F)C1Br. The second kappa shape index (κ2) is 2.74. The van der Waals surface area contributed by atoms with Gasteiger partial charge in [-0.15, -0.1) is 0 Å². The van der Waals surface area contributed by atoms with Crippen molar-refractivity contribution in [3.63, 3.8) is 0 Å². The zero-order valence-corrected chi connectivity index (χ0v) is 7.42. The highest BCUT2D eigenvalue weighted by Gasteiger charge is 2.26. The molecule has 1 aliphatic heterocycles. The molecule has 0 amide bonds. The quantitative estimate of drug-likeness (QED) is 0.371. The summed E-state index contributed by atoms with van der Waals surface area (Å²) >= 11 is 3.12. The maximum absolute atomic E-state index is 12.5. The van der Waals surface area contributed by atoms with Gasteiger partial charge in [0.2, 0.25) is 5.08 Å². The van der Waals surface area contributed by atoms with E-state index in [0.717, 1.165) is 6.34 Å². The fraction of sp³-hybridized carbons (Fsp3) is 0.800. The molecule has 1 unspecified atom stereocenters. The Balaban J connectivity index is 2.58. The molecule has 5 heteroatoms. The monoisotopic (exact) mass is 209 g/mol. The van der Waals surface area contributed by atoms with Gasteiger partial charge in [-0.25, -0.2) is 0 Å². The molecule has 0 spiro atoms. The average Bonchev–Trinajstić information content (AvgIpc) is 2.14. The molecule has 10 heavy (non-hydrogen) atoms. The zero-order chi connectivity index (χ0) is 7.72. The molecule has 0 aliphatic carbocycles. The molecule has 0 aromatic heterocycles. The van der Waals surface area contributed by atoms with Crippen LogP contribution in [0.1, 0.15) is 13.8 Å². The van der Waals surface area contributed by atoms with E-state index in [1.165, 1.54) is 0 Å². The van der Waals surface area contributed by atoms with Gasteiger partial charge in [-0.1, -0.05) is 4.48 Å². The molecule has 3 nitrogen and oxygen atoms in total. The van der Waals surface area contributed by atoms with E-state index in [4.69, 9.17) is 0 Å². The van der Waals surface area contributed by atoms with Crippen molar-refractivity contribution in [3.05, 3.63) is 0 Å². The lowest BCUT2D eigenvalue weighted by molar-refractivity contribution is 0.0485. The summed E-state index contributed by atoms with van der Waals surface area (Å²) in [5.41, 5.74) is 0. The number of hydrogen-bond acceptors (Lipinski definition) is 3. The van der Waals surface area contributed by atoms with Crippen molar-refractivity contribution >= 4 is 22.3 Å². The van der Waals surface area contributed by atoms with Crippen LogP contribution in [-0.2, 0) is 0 Å². The molecule has 0 saturated carbocycles. The highest BCUT2D eigenvalue weighted by atomic mass is 79.9. The van der Waals surface area contributed by atoms with Crippen LogP contribution in [0.2, 0.25) is 0 Å². The van der Waals surface area contributed by atoms with E-state index in [9.17, 15) is 4.48 Å². The predicted molar refractivity (Wildman–Crippen MR) is 41.1 cm³/mol. The topological polar surface area (TPSA) is 18.8 Å². The molecular formula is C5H9BrFN3. The molecule has 0 aromatic carbocycles. The number of halogens is 2. The fourth-order valence-corrected chi connectivity index (χ4v) is 1.40. The van der Waals surface area contributed by atoms with Crippen LogP contribution in [-0.4, -0.2) is 27.6 Å². The first-order chi connectivity index (χ1) is 4.63. The number of hydrazone groups is 1. The van der Waals surface area contributed by atoms with Crippen molar-refractivity contribution < 1.29 is 4.48 Å². The van der Waals surface area contributed by atoms with Gasteiger partial charge >= 0.3 is 0 Å². The molecule has 0 aromatic rings. The summed E-state index contributed by atoms with van der Waals surface area (Å²) in [5.74, 6) is 0. The smallest absolute Gasteiger partial charge is 0.204 e. The van der Waals surface area contributed by atoms with Crippen LogP contribution >= 0.6 is 15.9 Å². The second-order valence-corrected chi connectivity index (χ2v) is 3.18. The molecular weight excluding hydrogens is 201 g/mol. The van der Waals surface area contributed by atoms with Crippen molar-refractivity contribution in [3.8, 4) is 0 Å². The van der Waals surface area contributed by atoms with E-state index in [0.29, 0.717) is 5.12 Å². The molecule has 1 atom stereocenters. The van der Waals surface area contributed by atoms with Crippen LogP contribution in [0, 0.1) is 0 Å². The van der Waals surface area contributed by atoms with E-state index in [1.807, 2.05) is 13.8 Å². The maximum Gasteiger partial charge on any atom is 0.204 e. The Bertz CT molecular complexity index is 150. The molecule has 0 saturated heterocycles. The van der Waals surface area contributed by atoms with Gasteiger partial charge in [0, 0.05) is 6.04 Å². The highest BCUT2D eigenvalue weighted by molar-refractivity contribution is 9.09. The minimum absolute atomic E-state index is 0.210. The van der Waals surface area contributed by atoms with E-state index < -0.39 is 5.08 Å². The third-order valence-corrected chi connectivity index (χ3v) is 2.06. The minimum atomic E-state index is -0.438. The Labute approximate surface area is 67.5 Å². The zero-order valence-electron chi connectivity index (χ0n) is 5.83. The summed E-state index contributed by atoms with van der Waals surface area (Å²) in [5, 5.41) is 5.51. The molecule has 58 valence electrons. The lowest BCUT2D eigenvalue weighted by Gasteiger charge is -2.23. The summed E-state index contributed by atoms with van der Waals surface area (Å²) in [6, 6.07) is 0.210. The van der Waals surface area contributed by atoms with Gasteiger partial charge in [-0.3, -0.25) is 5.01 Å². The Kier molecular flexibility index (Phi) is 2.13. The van der Waals surface area contributed by atoms with Gasteiger partial charge in [0.1, 0.15) is 6.34 Å². The number of alkyl halides is 1. The van der Waals surface area contributed by atoms with Crippen LogP contribution < -0.4 is 0 Å². The van der Waals surface area contributed by atoms with Crippen molar-refractivity contribution in [2.75, 3.05) is 0 Å². The molecule has 0 bridgehead atoms. The summed E-state index contributed by atoms with van der Waals surface area (Å²) in [7, 11) is 0. The number of rotatable bonds is 1. The average molecular weight is 210 g/mol. The Morgan fingerprint density at radius 2 is 2.30 bits per heavy atom. The fourth-order valence-electron chi connectivity index (χ4n) is 0.711. The van der Waals surface area contributed by atoms with E-state index in [1.54, 1.807) is 5.01 Å². The molecule has 0 fully saturated rings. The molecule has 0 N–H and O–H groups in total. The van der Waals surface area contributed by atoms with Crippen LogP contribution in [0.15, 0.2) is 5.10 Å². The first-order valence-corrected chi connectivity index (χ1v) is 3.95. The van der Waals surface area contributed by atoms with Crippen LogP contribution in [0.25, 0.3) is 0 Å². The Hall–Kier alpha value is -0.320. The van der Waals surface area contributed by atoms with Crippen LogP contribution in [0.4, 0.5) is 4.48 Å². The van der Waals surface area contributed by atoms with Gasteiger partial charge in [-0.05, 0) is 29.8 Å². The Morgan fingerprint density at radius 3 is 2.50 bits per heavy atom. The first kappa shape index (κ1) is 7.78. The third kappa shape index (κ3) is 1.23. The van der Waals surface area contributed by atoms with E-state index >= 15 is 0 Å². The largest absolute Gasteiger partial charge is 0.258 e. The molecule has 0 radical (unpaired) electrons. The summed E-state index contributed by atoms with van der Waals surface area (Å²) < 4.78 is 12.5. The van der Waals surface area contributed by atoms with Crippen LogP contribution in [0.3, 0.4) is 0 Å². The van der Waals surface area contributed by atoms with E-state index in [-0.39, 0.29) is 6.04 Å². The molecule has 1 rings (SSSR count). The summed E-state index contributed by atoms with van der Waals surface area (Å²) in [4.78, 5) is 0. The first-order valence-electron chi connectivity index (χ1n) is 3.03. The van der Waals surface area contributed by atoms with Crippen molar-refractivity contribution in [2.24, 2.45) is 5.10 Å². The minimum Gasteiger partial charge on any atom is -0.258 e. The number of nitrogens with zero attached hydrogens (tertiary/aromatic N) is 3. The van der Waals surface area contributed by atoms with Crippen molar-refractivity contribution in [1.29, 1.82) is 0 Å². The number of hydrogen-bond donors (Lipinski definition) is 0. The molecule has 1 aliphatic rings. The molecule has 1 heterocycles.